The van der Waals surface area contributed by atoms with Crippen molar-refractivity contribution in [3.8, 4) is 5.75 Å². The molecule has 3 aromatic carbocycles. The molecular formula is C37H42F3N3O5S. The number of piperidine rings is 1. The quantitative estimate of drug-likeness (QED) is 0.315. The summed E-state index contributed by atoms with van der Waals surface area (Å²) in [5, 5.41) is 6.39. The first-order valence-electron chi connectivity index (χ1n) is 17.0. The van der Waals surface area contributed by atoms with E-state index in [0.717, 1.165) is 92.0 Å². The number of benzene rings is 3. The molecule has 0 aromatic heterocycles. The van der Waals surface area contributed by atoms with Gasteiger partial charge in [-0.1, -0.05) is 12.1 Å². The van der Waals surface area contributed by atoms with E-state index in [0.29, 0.717) is 25.2 Å². The largest absolute Gasteiger partial charge is 0.483 e. The Labute approximate surface area is 285 Å². The molecule has 2 atom stereocenters. The second-order valence-electron chi connectivity index (χ2n) is 14.3. The second kappa shape index (κ2) is 13.2. The minimum Gasteiger partial charge on any atom is -0.483 e. The van der Waals surface area contributed by atoms with E-state index in [9.17, 15) is 26.4 Å². The Morgan fingerprint density at radius 2 is 1.78 bits per heavy atom. The highest BCUT2D eigenvalue weighted by molar-refractivity contribution is 7.90. The zero-order valence-electron chi connectivity index (χ0n) is 27.6. The number of sulfone groups is 1. The molecule has 0 unspecified atom stereocenters. The fourth-order valence-corrected chi connectivity index (χ4v) is 9.28. The van der Waals surface area contributed by atoms with Crippen LogP contribution in [-0.4, -0.2) is 70.8 Å². The molecule has 3 heterocycles. The number of amides is 1. The Balaban J connectivity index is 1.04. The average molecular weight is 698 g/mol. The maximum absolute atomic E-state index is 14.7. The van der Waals surface area contributed by atoms with Gasteiger partial charge < -0.3 is 25.0 Å². The average Bonchev–Trinajstić information content (AvgIpc) is 3.33. The van der Waals surface area contributed by atoms with Crippen LogP contribution in [-0.2, 0) is 31.2 Å². The molecule has 2 N–H and O–H groups in total. The van der Waals surface area contributed by atoms with E-state index in [1.807, 2.05) is 0 Å². The number of nitrogens with one attached hydrogen (secondary N) is 2. The lowest BCUT2D eigenvalue weighted by molar-refractivity contribution is -0.122. The molecule has 4 aliphatic rings. The van der Waals surface area contributed by atoms with Crippen LogP contribution < -0.4 is 20.3 Å². The summed E-state index contributed by atoms with van der Waals surface area (Å²) in [7, 11) is -3.50. The molecule has 0 bridgehead atoms. The van der Waals surface area contributed by atoms with Crippen LogP contribution in [0.25, 0.3) is 0 Å². The Kier molecular flexibility index (Phi) is 9.06. The second-order valence-corrected chi connectivity index (χ2v) is 16.5. The summed E-state index contributed by atoms with van der Waals surface area (Å²) in [4.78, 5) is 15.8. The molecule has 3 aromatic rings. The molecule has 1 aliphatic carbocycles. The first kappa shape index (κ1) is 33.7. The van der Waals surface area contributed by atoms with Gasteiger partial charge in [0.2, 0.25) is 5.91 Å². The Bertz CT molecular complexity index is 1840. The number of hydrogen-bond acceptors (Lipinski definition) is 7. The normalized spacial score (nSPS) is 21.4. The van der Waals surface area contributed by atoms with Gasteiger partial charge in [0.15, 0.2) is 11.6 Å². The number of fused-ring (bicyclic) bond motifs is 3. The first-order valence-corrected chi connectivity index (χ1v) is 19.1. The fraction of sp³-hybridized carbons (Fsp3) is 0.486. The summed E-state index contributed by atoms with van der Waals surface area (Å²) in [6.45, 7) is 3.65. The molecule has 3 aliphatic heterocycles. The minimum absolute atomic E-state index is 0.0292. The van der Waals surface area contributed by atoms with E-state index in [2.05, 4.69) is 33.7 Å². The Hall–Kier alpha value is -3.77. The van der Waals surface area contributed by atoms with Crippen molar-refractivity contribution in [3.63, 3.8) is 0 Å². The lowest BCUT2D eigenvalue weighted by atomic mass is 9.73. The van der Waals surface area contributed by atoms with Crippen molar-refractivity contribution in [1.82, 2.24) is 5.32 Å². The van der Waals surface area contributed by atoms with Crippen LogP contribution in [0.15, 0.2) is 54.6 Å². The van der Waals surface area contributed by atoms with E-state index >= 15 is 0 Å². The number of halogens is 3. The van der Waals surface area contributed by atoms with Gasteiger partial charge >= 0.3 is 0 Å². The number of anilines is 2. The SMILES string of the molecule is CS(=O)(=O)C[C@@H](Cc1ccc(F)c(F)c1)NC(=O)C[C@@H]1CC2(CCN(c3ccc4c(c3)OC3(CCOCC3)CN4)CC2)c2cc(F)ccc21. The number of carbonyl (C=O) groups is 1. The highest BCUT2D eigenvalue weighted by Gasteiger charge is 2.46. The molecule has 262 valence electrons. The third kappa shape index (κ3) is 7.26. The summed E-state index contributed by atoms with van der Waals surface area (Å²) >= 11 is 0. The van der Waals surface area contributed by atoms with Gasteiger partial charge in [-0.15, -0.1) is 0 Å². The summed E-state index contributed by atoms with van der Waals surface area (Å²) in [6.07, 6.45) is 5.14. The molecule has 8 nitrogen and oxygen atoms in total. The Morgan fingerprint density at radius 1 is 1.00 bits per heavy atom. The maximum atomic E-state index is 14.7. The molecule has 7 rings (SSSR count). The fourth-order valence-electron chi connectivity index (χ4n) is 8.35. The molecule has 2 saturated heterocycles. The van der Waals surface area contributed by atoms with Gasteiger partial charge in [-0.2, -0.15) is 0 Å². The molecule has 2 fully saturated rings. The zero-order chi connectivity index (χ0) is 34.4. The van der Waals surface area contributed by atoms with E-state index < -0.39 is 27.5 Å². The molecule has 12 heteroatoms. The van der Waals surface area contributed by atoms with Crippen LogP contribution in [0, 0.1) is 17.5 Å². The van der Waals surface area contributed by atoms with Gasteiger partial charge in [0, 0.05) is 56.4 Å². The zero-order valence-corrected chi connectivity index (χ0v) is 28.4. The lowest BCUT2D eigenvalue weighted by Gasteiger charge is -2.43. The number of ether oxygens (including phenoxy) is 2. The standard InChI is InChI=1S/C37H42F3N3O5S/c1-49(45,46)22-27(16-24-2-6-31(39)32(40)17-24)42-35(44)18-25-21-36(30-19-26(38)3-5-29(25)30)8-12-43(13-9-36)28-4-7-33-34(20-28)48-37(23-41-33)10-14-47-15-11-37/h2-7,17,19-20,25,27,41H,8-16,18,21-23H2,1H3,(H,42,44)/t25-,27-/m1/s1. The molecular weight excluding hydrogens is 655 g/mol. The van der Waals surface area contributed by atoms with E-state index in [1.54, 1.807) is 12.1 Å². The van der Waals surface area contributed by atoms with Crippen molar-refractivity contribution in [1.29, 1.82) is 0 Å². The van der Waals surface area contributed by atoms with Crippen molar-refractivity contribution in [2.45, 2.75) is 67.9 Å². The number of carbonyl (C=O) groups excluding carboxylic acids is 1. The third-order valence-electron chi connectivity index (χ3n) is 10.8. The lowest BCUT2D eigenvalue weighted by Crippen LogP contribution is -2.49. The number of hydrogen-bond donors (Lipinski definition) is 2. The highest BCUT2D eigenvalue weighted by atomic mass is 32.2. The molecule has 49 heavy (non-hydrogen) atoms. The summed E-state index contributed by atoms with van der Waals surface area (Å²) in [5.74, 6) is -2.35. The predicted octanol–water partition coefficient (Wildman–Crippen LogP) is 5.65. The summed E-state index contributed by atoms with van der Waals surface area (Å²) in [5.41, 5.74) is 3.78. The van der Waals surface area contributed by atoms with Crippen LogP contribution in [0.4, 0.5) is 24.5 Å². The maximum Gasteiger partial charge on any atom is 0.220 e. The van der Waals surface area contributed by atoms with Crippen LogP contribution in [0.2, 0.25) is 0 Å². The monoisotopic (exact) mass is 697 g/mol. The minimum atomic E-state index is -3.50. The van der Waals surface area contributed by atoms with Crippen LogP contribution in [0.5, 0.6) is 5.75 Å². The topological polar surface area (TPSA) is 97.0 Å². The molecule has 0 radical (unpaired) electrons. The molecule has 0 saturated carbocycles. The van der Waals surface area contributed by atoms with E-state index in [4.69, 9.17) is 9.47 Å². The van der Waals surface area contributed by atoms with Gasteiger partial charge in [-0.3, -0.25) is 4.79 Å². The molecule has 2 spiro atoms. The van der Waals surface area contributed by atoms with Crippen molar-refractivity contribution < 1.29 is 35.9 Å². The first-order chi connectivity index (χ1) is 23.4. The van der Waals surface area contributed by atoms with Crippen molar-refractivity contribution in [3.05, 3.63) is 88.7 Å². The van der Waals surface area contributed by atoms with Crippen LogP contribution in [0.1, 0.15) is 61.1 Å². The van der Waals surface area contributed by atoms with Crippen molar-refractivity contribution in [2.75, 3.05) is 55.1 Å². The third-order valence-corrected chi connectivity index (χ3v) is 11.8. The van der Waals surface area contributed by atoms with Gasteiger partial charge in [-0.25, -0.2) is 21.6 Å². The highest BCUT2D eigenvalue weighted by Crippen LogP contribution is 2.53. The van der Waals surface area contributed by atoms with Crippen LogP contribution in [0.3, 0.4) is 0 Å². The van der Waals surface area contributed by atoms with Gasteiger partial charge in [-0.05, 0) is 90.1 Å². The van der Waals surface area contributed by atoms with Crippen LogP contribution >= 0.6 is 0 Å². The Morgan fingerprint density at radius 3 is 2.51 bits per heavy atom. The summed E-state index contributed by atoms with van der Waals surface area (Å²) in [6, 6.07) is 13.7. The van der Waals surface area contributed by atoms with Gasteiger partial charge in [0.05, 0.1) is 31.2 Å². The van der Waals surface area contributed by atoms with Crippen molar-refractivity contribution >= 4 is 27.1 Å². The van der Waals surface area contributed by atoms with Gasteiger partial charge in [0.25, 0.3) is 0 Å². The van der Waals surface area contributed by atoms with Crippen molar-refractivity contribution in [2.24, 2.45) is 0 Å². The van der Waals surface area contributed by atoms with Gasteiger partial charge in [0.1, 0.15) is 27.0 Å². The summed E-state index contributed by atoms with van der Waals surface area (Å²) < 4.78 is 78.6. The number of nitrogens with zero attached hydrogens (tertiary/aromatic N) is 1. The predicted molar refractivity (Wildman–Crippen MR) is 182 cm³/mol. The van der Waals surface area contributed by atoms with E-state index in [-0.39, 0.29) is 47.3 Å². The number of rotatable bonds is 8. The van der Waals surface area contributed by atoms with E-state index in [1.165, 1.54) is 12.1 Å². The smallest absolute Gasteiger partial charge is 0.220 e. The molecule has 1 amide bonds.